The standard InChI is InChI=1S/C18H24BrN3S/c19-15-9-4-8-14(12-15)18(13-6-2-1-3-7-13)16-20-10-5-11-22(16)17(23)21-18/h4,8,12-13,15H,1-3,5-7,9-11H2,(H,21,23). The maximum atomic E-state index is 5.70. The summed E-state index contributed by atoms with van der Waals surface area (Å²) in [7, 11) is 0. The van der Waals surface area contributed by atoms with E-state index in [0.29, 0.717) is 10.7 Å². The number of hydrogen-bond donors (Lipinski definition) is 1. The van der Waals surface area contributed by atoms with Gasteiger partial charge in [0, 0.05) is 17.9 Å². The topological polar surface area (TPSA) is 27.6 Å². The number of hydrogen-bond acceptors (Lipinski definition) is 2. The van der Waals surface area contributed by atoms with Crippen molar-refractivity contribution >= 4 is 39.1 Å². The number of rotatable bonds is 2. The van der Waals surface area contributed by atoms with Gasteiger partial charge in [-0.1, -0.05) is 53.4 Å². The van der Waals surface area contributed by atoms with Crippen molar-refractivity contribution in [2.75, 3.05) is 13.1 Å². The summed E-state index contributed by atoms with van der Waals surface area (Å²) < 4.78 is 0. The van der Waals surface area contributed by atoms with Crippen LogP contribution < -0.4 is 5.32 Å². The van der Waals surface area contributed by atoms with Crippen molar-refractivity contribution in [3.63, 3.8) is 0 Å². The number of halogens is 1. The number of nitrogens with zero attached hydrogens (tertiary/aromatic N) is 2. The average Bonchev–Trinajstić information content (AvgIpc) is 2.90. The molecule has 2 heterocycles. The van der Waals surface area contributed by atoms with Gasteiger partial charge < -0.3 is 10.2 Å². The Bertz CT molecular complexity index is 591. The summed E-state index contributed by atoms with van der Waals surface area (Å²) in [6, 6.07) is 0. The fraction of sp³-hybridized carbons (Fsp3) is 0.667. The predicted octanol–water partition coefficient (Wildman–Crippen LogP) is 3.95. The van der Waals surface area contributed by atoms with Crippen LogP contribution in [0.25, 0.3) is 0 Å². The van der Waals surface area contributed by atoms with Crippen LogP contribution in [0.4, 0.5) is 0 Å². The van der Waals surface area contributed by atoms with E-state index in [-0.39, 0.29) is 5.54 Å². The van der Waals surface area contributed by atoms with Crippen molar-refractivity contribution in [3.05, 3.63) is 23.8 Å². The highest BCUT2D eigenvalue weighted by Gasteiger charge is 2.54. The van der Waals surface area contributed by atoms with Crippen LogP contribution in [0, 0.1) is 5.92 Å². The SMILES string of the molecule is S=C1NC(C2=CC(Br)CC=C2)(C2CCCCC2)C2=NCCCN12. The first-order chi connectivity index (χ1) is 11.2. The Balaban J connectivity index is 1.82. The maximum Gasteiger partial charge on any atom is 0.175 e. The molecule has 0 radical (unpaired) electrons. The van der Waals surface area contributed by atoms with Gasteiger partial charge in [-0.15, -0.1) is 0 Å². The van der Waals surface area contributed by atoms with Gasteiger partial charge in [0.1, 0.15) is 11.4 Å². The summed E-state index contributed by atoms with van der Waals surface area (Å²) in [4.78, 5) is 7.65. The quantitative estimate of drug-likeness (QED) is 0.568. The highest BCUT2D eigenvalue weighted by atomic mass is 79.9. The molecule has 0 aromatic rings. The summed E-state index contributed by atoms with van der Waals surface area (Å²) in [6.07, 6.45) is 15.7. The smallest absolute Gasteiger partial charge is 0.175 e. The minimum atomic E-state index is -0.194. The highest BCUT2D eigenvalue weighted by molar-refractivity contribution is 9.09. The van der Waals surface area contributed by atoms with Crippen LogP contribution >= 0.6 is 28.1 Å². The predicted molar refractivity (Wildman–Crippen MR) is 103 cm³/mol. The third-order valence-corrected chi connectivity index (χ3v) is 6.61. The van der Waals surface area contributed by atoms with E-state index in [0.717, 1.165) is 31.0 Å². The van der Waals surface area contributed by atoms with Crippen molar-refractivity contribution in [3.8, 4) is 0 Å². The van der Waals surface area contributed by atoms with E-state index in [1.54, 1.807) is 0 Å². The molecule has 2 aliphatic heterocycles. The number of alkyl halides is 1. The Morgan fingerprint density at radius 1 is 1.26 bits per heavy atom. The number of fused-ring (bicyclic) bond motifs is 1. The van der Waals surface area contributed by atoms with Crippen LogP contribution in [-0.2, 0) is 0 Å². The van der Waals surface area contributed by atoms with Crippen LogP contribution in [-0.4, -0.2) is 39.3 Å². The number of nitrogens with one attached hydrogen (secondary N) is 1. The van der Waals surface area contributed by atoms with Crippen LogP contribution in [0.1, 0.15) is 44.9 Å². The van der Waals surface area contributed by atoms with E-state index in [1.807, 2.05) is 0 Å². The molecule has 0 aromatic carbocycles. The van der Waals surface area contributed by atoms with E-state index in [9.17, 15) is 0 Å². The Morgan fingerprint density at radius 3 is 2.87 bits per heavy atom. The molecule has 23 heavy (non-hydrogen) atoms. The Kier molecular flexibility index (Phi) is 4.35. The first kappa shape index (κ1) is 15.8. The van der Waals surface area contributed by atoms with Crippen LogP contribution in [0.15, 0.2) is 28.8 Å². The minimum absolute atomic E-state index is 0.194. The third kappa shape index (κ3) is 2.60. The molecule has 1 saturated carbocycles. The second-order valence-electron chi connectivity index (χ2n) is 7.06. The highest BCUT2D eigenvalue weighted by Crippen LogP contribution is 2.44. The molecule has 124 valence electrons. The molecule has 0 spiro atoms. The molecular formula is C18H24BrN3S. The monoisotopic (exact) mass is 393 g/mol. The summed E-state index contributed by atoms with van der Waals surface area (Å²) in [5.41, 5.74) is 1.17. The fourth-order valence-electron chi connectivity index (χ4n) is 4.60. The second kappa shape index (κ2) is 6.32. The molecule has 2 aliphatic carbocycles. The lowest BCUT2D eigenvalue weighted by molar-refractivity contribution is 0.276. The normalized spacial score (nSPS) is 34.7. The van der Waals surface area contributed by atoms with Crippen molar-refractivity contribution in [1.29, 1.82) is 0 Å². The molecule has 2 fully saturated rings. The van der Waals surface area contributed by atoms with E-state index in [4.69, 9.17) is 17.2 Å². The van der Waals surface area contributed by atoms with E-state index in [1.165, 1.54) is 43.5 Å². The summed E-state index contributed by atoms with van der Waals surface area (Å²) >= 11 is 9.49. The molecule has 0 bridgehead atoms. The molecule has 1 N–H and O–H groups in total. The summed E-state index contributed by atoms with van der Waals surface area (Å²) in [6.45, 7) is 1.94. The first-order valence-electron chi connectivity index (χ1n) is 8.89. The van der Waals surface area contributed by atoms with Crippen LogP contribution in [0.2, 0.25) is 0 Å². The zero-order valence-electron chi connectivity index (χ0n) is 13.4. The lowest BCUT2D eigenvalue weighted by Crippen LogP contribution is -2.56. The average molecular weight is 394 g/mol. The van der Waals surface area contributed by atoms with Gasteiger partial charge in [-0.3, -0.25) is 4.99 Å². The minimum Gasteiger partial charge on any atom is -0.346 e. The van der Waals surface area contributed by atoms with Gasteiger partial charge in [-0.25, -0.2) is 0 Å². The summed E-state index contributed by atoms with van der Waals surface area (Å²) in [5, 5.41) is 4.63. The molecule has 0 amide bonds. The van der Waals surface area contributed by atoms with Crippen molar-refractivity contribution < 1.29 is 0 Å². The largest absolute Gasteiger partial charge is 0.346 e. The Hall–Kier alpha value is -0.680. The molecule has 1 saturated heterocycles. The number of thiocarbonyl (C=S) groups is 1. The molecule has 2 unspecified atom stereocenters. The van der Waals surface area contributed by atoms with Gasteiger partial charge in [-0.2, -0.15) is 0 Å². The van der Waals surface area contributed by atoms with Gasteiger partial charge in [0.15, 0.2) is 5.11 Å². The van der Waals surface area contributed by atoms with Crippen LogP contribution in [0.3, 0.4) is 0 Å². The Labute approximate surface area is 152 Å². The lowest BCUT2D eigenvalue weighted by Gasteiger charge is -2.42. The zero-order chi connectivity index (χ0) is 15.9. The molecule has 0 aromatic heterocycles. The third-order valence-electron chi connectivity index (χ3n) is 5.65. The maximum absolute atomic E-state index is 5.70. The van der Waals surface area contributed by atoms with Gasteiger partial charge in [-0.05, 0) is 49.4 Å². The van der Waals surface area contributed by atoms with Crippen molar-refractivity contribution in [1.82, 2.24) is 10.2 Å². The fourth-order valence-corrected chi connectivity index (χ4v) is 5.44. The van der Waals surface area contributed by atoms with E-state index >= 15 is 0 Å². The zero-order valence-corrected chi connectivity index (χ0v) is 15.8. The van der Waals surface area contributed by atoms with Gasteiger partial charge >= 0.3 is 0 Å². The van der Waals surface area contributed by atoms with Gasteiger partial charge in [0.2, 0.25) is 0 Å². The first-order valence-corrected chi connectivity index (χ1v) is 10.2. The molecule has 5 heteroatoms. The van der Waals surface area contributed by atoms with E-state index in [2.05, 4.69) is 44.4 Å². The molecule has 2 atom stereocenters. The molecule has 4 aliphatic rings. The lowest BCUT2D eigenvalue weighted by atomic mass is 9.69. The number of amidine groups is 1. The van der Waals surface area contributed by atoms with Crippen LogP contribution in [0.5, 0.6) is 0 Å². The molecular weight excluding hydrogens is 370 g/mol. The Morgan fingerprint density at radius 2 is 2.09 bits per heavy atom. The number of allylic oxidation sites excluding steroid dienone is 2. The van der Waals surface area contributed by atoms with E-state index < -0.39 is 0 Å². The van der Waals surface area contributed by atoms with Gasteiger partial charge in [0.25, 0.3) is 0 Å². The number of aliphatic imine (C=N–C) groups is 1. The second-order valence-corrected chi connectivity index (χ2v) is 8.62. The van der Waals surface area contributed by atoms with Crippen molar-refractivity contribution in [2.24, 2.45) is 10.9 Å². The summed E-state index contributed by atoms with van der Waals surface area (Å²) in [5.74, 6) is 1.78. The molecule has 4 rings (SSSR count). The van der Waals surface area contributed by atoms with Gasteiger partial charge in [0.05, 0.1) is 0 Å². The van der Waals surface area contributed by atoms with Crippen molar-refractivity contribution in [2.45, 2.75) is 55.3 Å². The molecule has 3 nitrogen and oxygen atoms in total.